The Balaban J connectivity index is 3.13. The maximum atomic E-state index is 5.16. The minimum absolute atomic E-state index is 0.739. The molecule has 1 aromatic rings. The molecule has 0 bridgehead atoms. The minimum Gasteiger partial charge on any atom is -0.493 e. The Bertz CT molecular complexity index is 316. The molecule has 0 N–H and O–H groups in total. The average molecular weight is 178 g/mol. The highest BCUT2D eigenvalue weighted by Gasteiger charge is 2.03. The van der Waals surface area contributed by atoms with Crippen LogP contribution in [0.3, 0.4) is 0 Å². The van der Waals surface area contributed by atoms with E-state index in [1.54, 1.807) is 14.2 Å². The van der Waals surface area contributed by atoms with Crippen LogP contribution in [0.4, 0.5) is 0 Å². The zero-order valence-corrected chi connectivity index (χ0v) is 8.26. The Morgan fingerprint density at radius 2 is 1.77 bits per heavy atom. The van der Waals surface area contributed by atoms with Crippen molar-refractivity contribution in [2.45, 2.75) is 6.92 Å². The molecule has 2 heteroatoms. The Morgan fingerprint density at radius 3 is 2.23 bits per heavy atom. The molecular formula is C11H14O2. The van der Waals surface area contributed by atoms with Crippen molar-refractivity contribution in [2.24, 2.45) is 0 Å². The fourth-order valence-electron chi connectivity index (χ4n) is 1.10. The van der Waals surface area contributed by atoms with Gasteiger partial charge in [0, 0.05) is 0 Å². The Kier molecular flexibility index (Phi) is 2.96. The van der Waals surface area contributed by atoms with Crippen LogP contribution in [0, 0.1) is 0 Å². The Morgan fingerprint density at radius 1 is 1.15 bits per heavy atom. The SMILES string of the molecule is C=C(C)c1ccc(OC)c(OC)c1. The molecule has 0 saturated heterocycles. The van der Waals surface area contributed by atoms with Gasteiger partial charge in [0.25, 0.3) is 0 Å². The van der Waals surface area contributed by atoms with E-state index in [4.69, 9.17) is 9.47 Å². The molecule has 70 valence electrons. The molecule has 0 radical (unpaired) electrons. The minimum atomic E-state index is 0.739. The summed E-state index contributed by atoms with van der Waals surface area (Å²) in [4.78, 5) is 0. The van der Waals surface area contributed by atoms with Gasteiger partial charge in [0.15, 0.2) is 11.5 Å². The van der Waals surface area contributed by atoms with E-state index in [2.05, 4.69) is 6.58 Å². The number of methoxy groups -OCH3 is 2. The van der Waals surface area contributed by atoms with Crippen molar-refractivity contribution in [3.8, 4) is 11.5 Å². The van der Waals surface area contributed by atoms with Crippen LogP contribution in [0.15, 0.2) is 24.8 Å². The van der Waals surface area contributed by atoms with E-state index in [-0.39, 0.29) is 0 Å². The van der Waals surface area contributed by atoms with Crippen molar-refractivity contribution in [3.05, 3.63) is 30.3 Å². The third-order valence-electron chi connectivity index (χ3n) is 1.88. The van der Waals surface area contributed by atoms with Gasteiger partial charge in [-0.3, -0.25) is 0 Å². The summed E-state index contributed by atoms with van der Waals surface area (Å²) in [6, 6.07) is 5.76. The van der Waals surface area contributed by atoms with Crippen LogP contribution in [0.2, 0.25) is 0 Å². The summed E-state index contributed by atoms with van der Waals surface area (Å²) in [7, 11) is 3.25. The van der Waals surface area contributed by atoms with Crippen LogP contribution in [-0.2, 0) is 0 Å². The first-order chi connectivity index (χ1) is 6.19. The van der Waals surface area contributed by atoms with Gasteiger partial charge in [0.2, 0.25) is 0 Å². The molecule has 0 spiro atoms. The van der Waals surface area contributed by atoms with E-state index in [1.165, 1.54) is 0 Å². The molecule has 0 unspecified atom stereocenters. The summed E-state index contributed by atoms with van der Waals surface area (Å²) in [5.41, 5.74) is 2.08. The van der Waals surface area contributed by atoms with Gasteiger partial charge in [-0.2, -0.15) is 0 Å². The fraction of sp³-hybridized carbons (Fsp3) is 0.273. The van der Waals surface area contributed by atoms with Crippen molar-refractivity contribution >= 4 is 5.57 Å². The lowest BCUT2D eigenvalue weighted by molar-refractivity contribution is 0.355. The van der Waals surface area contributed by atoms with Gasteiger partial charge in [-0.05, 0) is 24.6 Å². The number of hydrogen-bond acceptors (Lipinski definition) is 2. The second-order valence-corrected chi connectivity index (χ2v) is 2.85. The third-order valence-corrected chi connectivity index (χ3v) is 1.88. The van der Waals surface area contributed by atoms with E-state index in [0.29, 0.717) is 0 Å². The van der Waals surface area contributed by atoms with E-state index >= 15 is 0 Å². The van der Waals surface area contributed by atoms with Crippen LogP contribution < -0.4 is 9.47 Å². The summed E-state index contributed by atoms with van der Waals surface area (Å²) in [5, 5.41) is 0. The number of ether oxygens (including phenoxy) is 2. The summed E-state index contributed by atoms with van der Waals surface area (Å²) < 4.78 is 10.3. The number of rotatable bonds is 3. The number of hydrogen-bond donors (Lipinski definition) is 0. The Labute approximate surface area is 78.8 Å². The van der Waals surface area contributed by atoms with Crippen molar-refractivity contribution < 1.29 is 9.47 Å². The number of benzene rings is 1. The zero-order chi connectivity index (χ0) is 9.84. The first-order valence-corrected chi connectivity index (χ1v) is 4.07. The lowest BCUT2D eigenvalue weighted by atomic mass is 10.1. The van der Waals surface area contributed by atoms with Gasteiger partial charge in [-0.25, -0.2) is 0 Å². The monoisotopic (exact) mass is 178 g/mol. The van der Waals surface area contributed by atoms with E-state index < -0.39 is 0 Å². The van der Waals surface area contributed by atoms with Crippen molar-refractivity contribution in [2.75, 3.05) is 14.2 Å². The molecule has 1 aromatic carbocycles. The Hall–Kier alpha value is -1.44. The highest BCUT2D eigenvalue weighted by molar-refractivity contribution is 5.64. The summed E-state index contributed by atoms with van der Waals surface area (Å²) in [6.45, 7) is 5.82. The number of allylic oxidation sites excluding steroid dienone is 1. The average Bonchev–Trinajstić information content (AvgIpc) is 2.16. The molecule has 1 rings (SSSR count). The van der Waals surface area contributed by atoms with E-state index in [9.17, 15) is 0 Å². The lowest BCUT2D eigenvalue weighted by Crippen LogP contribution is -1.91. The predicted octanol–water partition coefficient (Wildman–Crippen LogP) is 2.74. The van der Waals surface area contributed by atoms with Gasteiger partial charge >= 0.3 is 0 Å². The molecule has 0 aliphatic carbocycles. The summed E-state index contributed by atoms with van der Waals surface area (Å²) in [5.74, 6) is 1.48. The predicted molar refractivity (Wildman–Crippen MR) is 54.3 cm³/mol. The standard InChI is InChI=1S/C11H14O2/c1-8(2)9-5-6-10(12-3)11(7-9)13-4/h5-7H,1H2,2-4H3. The highest BCUT2D eigenvalue weighted by atomic mass is 16.5. The molecular weight excluding hydrogens is 164 g/mol. The van der Waals surface area contributed by atoms with Gasteiger partial charge in [0.05, 0.1) is 14.2 Å². The van der Waals surface area contributed by atoms with Gasteiger partial charge < -0.3 is 9.47 Å². The second-order valence-electron chi connectivity index (χ2n) is 2.85. The summed E-state index contributed by atoms with van der Waals surface area (Å²) >= 11 is 0. The highest BCUT2D eigenvalue weighted by Crippen LogP contribution is 2.29. The molecule has 0 heterocycles. The van der Waals surface area contributed by atoms with Crippen LogP contribution >= 0.6 is 0 Å². The maximum absolute atomic E-state index is 5.16. The van der Waals surface area contributed by atoms with E-state index in [0.717, 1.165) is 22.6 Å². The first kappa shape index (κ1) is 9.65. The molecule has 0 atom stereocenters. The first-order valence-electron chi connectivity index (χ1n) is 4.07. The summed E-state index contributed by atoms with van der Waals surface area (Å²) in [6.07, 6.45) is 0. The van der Waals surface area contributed by atoms with Crippen LogP contribution in [0.1, 0.15) is 12.5 Å². The van der Waals surface area contributed by atoms with Crippen molar-refractivity contribution in [1.82, 2.24) is 0 Å². The van der Waals surface area contributed by atoms with Gasteiger partial charge in [-0.15, -0.1) is 0 Å². The molecule has 0 aliphatic heterocycles. The van der Waals surface area contributed by atoms with E-state index in [1.807, 2.05) is 25.1 Å². The molecule has 0 fully saturated rings. The molecule has 0 aromatic heterocycles. The smallest absolute Gasteiger partial charge is 0.161 e. The van der Waals surface area contributed by atoms with Crippen LogP contribution in [-0.4, -0.2) is 14.2 Å². The van der Waals surface area contributed by atoms with Crippen LogP contribution in [0.5, 0.6) is 11.5 Å². The van der Waals surface area contributed by atoms with Crippen molar-refractivity contribution in [3.63, 3.8) is 0 Å². The third kappa shape index (κ3) is 2.02. The molecule has 0 amide bonds. The molecule has 2 nitrogen and oxygen atoms in total. The fourth-order valence-corrected chi connectivity index (χ4v) is 1.10. The largest absolute Gasteiger partial charge is 0.493 e. The van der Waals surface area contributed by atoms with Crippen molar-refractivity contribution in [1.29, 1.82) is 0 Å². The normalized spacial score (nSPS) is 9.46. The maximum Gasteiger partial charge on any atom is 0.161 e. The molecule has 0 saturated carbocycles. The van der Waals surface area contributed by atoms with Gasteiger partial charge in [-0.1, -0.05) is 18.2 Å². The lowest BCUT2D eigenvalue weighted by Gasteiger charge is -2.08. The molecule has 13 heavy (non-hydrogen) atoms. The molecule has 0 aliphatic rings. The van der Waals surface area contributed by atoms with Gasteiger partial charge in [0.1, 0.15) is 0 Å². The van der Waals surface area contributed by atoms with Crippen LogP contribution in [0.25, 0.3) is 5.57 Å². The zero-order valence-electron chi connectivity index (χ0n) is 8.26. The topological polar surface area (TPSA) is 18.5 Å². The quantitative estimate of drug-likeness (QED) is 0.708. The second kappa shape index (κ2) is 3.99.